The molecule has 1 fully saturated rings. The van der Waals surface area contributed by atoms with Crippen molar-refractivity contribution in [1.82, 2.24) is 9.80 Å². The van der Waals surface area contributed by atoms with Crippen molar-refractivity contribution >= 4 is 29.6 Å². The van der Waals surface area contributed by atoms with E-state index in [1.54, 1.807) is 21.9 Å². The topological polar surface area (TPSA) is 52.7 Å². The third-order valence-corrected chi connectivity index (χ3v) is 3.36. The Morgan fingerprint density at radius 1 is 1.21 bits per heavy atom. The molecule has 102 valence electrons. The van der Waals surface area contributed by atoms with Gasteiger partial charge in [-0.3, -0.25) is 9.59 Å². The molecule has 19 heavy (non-hydrogen) atoms. The second-order valence-corrected chi connectivity index (χ2v) is 4.82. The molecule has 0 atom stereocenters. The minimum atomic E-state index is 0.0421. The van der Waals surface area contributed by atoms with Gasteiger partial charge in [0.2, 0.25) is 12.3 Å². The summed E-state index contributed by atoms with van der Waals surface area (Å²) in [7, 11) is 0. The van der Waals surface area contributed by atoms with Gasteiger partial charge in [0.25, 0.3) is 0 Å². The SMILES string of the molecule is O=CN1CCN(C(=O)CNc2ccc(Cl)cc2)CC1. The normalized spacial score (nSPS) is 15.2. The van der Waals surface area contributed by atoms with E-state index in [1.165, 1.54) is 0 Å². The van der Waals surface area contributed by atoms with Crippen LogP contribution in [0.5, 0.6) is 0 Å². The molecular weight excluding hydrogens is 266 g/mol. The first-order chi connectivity index (χ1) is 9.19. The number of benzene rings is 1. The molecule has 1 aliphatic heterocycles. The lowest BCUT2D eigenvalue weighted by Crippen LogP contribution is -2.49. The molecule has 0 aliphatic carbocycles. The molecule has 5 nitrogen and oxygen atoms in total. The van der Waals surface area contributed by atoms with Gasteiger partial charge in [0.05, 0.1) is 6.54 Å². The minimum Gasteiger partial charge on any atom is -0.376 e. The molecular formula is C13H16ClN3O2. The van der Waals surface area contributed by atoms with E-state index in [9.17, 15) is 9.59 Å². The van der Waals surface area contributed by atoms with E-state index in [1.807, 2.05) is 12.1 Å². The highest BCUT2D eigenvalue weighted by Gasteiger charge is 2.19. The van der Waals surface area contributed by atoms with E-state index in [0.29, 0.717) is 31.2 Å². The lowest BCUT2D eigenvalue weighted by molar-refractivity contribution is -0.133. The number of carbonyl (C=O) groups is 2. The van der Waals surface area contributed by atoms with Crippen LogP contribution in [0.15, 0.2) is 24.3 Å². The van der Waals surface area contributed by atoms with Crippen molar-refractivity contribution in [3.8, 4) is 0 Å². The zero-order chi connectivity index (χ0) is 13.7. The van der Waals surface area contributed by atoms with Gasteiger partial charge >= 0.3 is 0 Å². The number of amides is 2. The maximum absolute atomic E-state index is 12.0. The van der Waals surface area contributed by atoms with Crippen LogP contribution in [0, 0.1) is 0 Å². The van der Waals surface area contributed by atoms with Crippen LogP contribution in [0.2, 0.25) is 5.02 Å². The number of anilines is 1. The molecule has 6 heteroatoms. The molecule has 0 radical (unpaired) electrons. The first kappa shape index (κ1) is 13.7. The Morgan fingerprint density at radius 2 is 1.84 bits per heavy atom. The highest BCUT2D eigenvalue weighted by molar-refractivity contribution is 6.30. The molecule has 0 bridgehead atoms. The van der Waals surface area contributed by atoms with Gasteiger partial charge in [-0.15, -0.1) is 0 Å². The standard InChI is InChI=1S/C13H16ClN3O2/c14-11-1-3-12(4-2-11)15-9-13(19)17-7-5-16(10-18)6-8-17/h1-4,10,15H,5-9H2. The van der Waals surface area contributed by atoms with Gasteiger partial charge in [0.1, 0.15) is 0 Å². The first-order valence-electron chi connectivity index (χ1n) is 6.15. The van der Waals surface area contributed by atoms with E-state index >= 15 is 0 Å². The number of halogens is 1. The Bertz CT molecular complexity index is 442. The van der Waals surface area contributed by atoms with Crippen LogP contribution in [0.3, 0.4) is 0 Å². The van der Waals surface area contributed by atoms with Crippen molar-refractivity contribution in [2.45, 2.75) is 0 Å². The molecule has 0 spiro atoms. The summed E-state index contributed by atoms with van der Waals surface area (Å²) in [6.07, 6.45) is 0.827. The van der Waals surface area contributed by atoms with Crippen molar-refractivity contribution in [3.63, 3.8) is 0 Å². The summed E-state index contributed by atoms with van der Waals surface area (Å²) in [6.45, 7) is 2.66. The largest absolute Gasteiger partial charge is 0.376 e. The van der Waals surface area contributed by atoms with Crippen LogP contribution in [-0.2, 0) is 9.59 Å². The maximum atomic E-state index is 12.0. The summed E-state index contributed by atoms with van der Waals surface area (Å²) in [6, 6.07) is 7.22. The molecule has 1 aromatic rings. The van der Waals surface area contributed by atoms with Gasteiger partial charge in [0, 0.05) is 36.9 Å². The van der Waals surface area contributed by atoms with Gasteiger partial charge in [-0.05, 0) is 24.3 Å². The van der Waals surface area contributed by atoms with E-state index < -0.39 is 0 Å². The van der Waals surface area contributed by atoms with Crippen molar-refractivity contribution in [2.24, 2.45) is 0 Å². The summed E-state index contributed by atoms with van der Waals surface area (Å²) in [5.41, 5.74) is 0.865. The van der Waals surface area contributed by atoms with E-state index in [4.69, 9.17) is 11.6 Å². The number of piperazine rings is 1. The van der Waals surface area contributed by atoms with Crippen molar-refractivity contribution in [1.29, 1.82) is 0 Å². The molecule has 2 rings (SSSR count). The fraction of sp³-hybridized carbons (Fsp3) is 0.385. The Labute approximate surface area is 117 Å². The molecule has 1 aromatic carbocycles. The second kappa shape index (κ2) is 6.43. The summed E-state index contributed by atoms with van der Waals surface area (Å²) < 4.78 is 0. The third-order valence-electron chi connectivity index (χ3n) is 3.10. The monoisotopic (exact) mass is 281 g/mol. The number of nitrogens with zero attached hydrogens (tertiary/aromatic N) is 2. The van der Waals surface area contributed by atoms with Gasteiger partial charge in [-0.2, -0.15) is 0 Å². The fourth-order valence-electron chi connectivity index (χ4n) is 1.93. The van der Waals surface area contributed by atoms with Crippen molar-refractivity contribution < 1.29 is 9.59 Å². The van der Waals surface area contributed by atoms with Crippen molar-refractivity contribution in [2.75, 3.05) is 38.0 Å². The molecule has 2 amide bonds. The van der Waals surface area contributed by atoms with Crippen LogP contribution in [-0.4, -0.2) is 54.8 Å². The smallest absolute Gasteiger partial charge is 0.241 e. The fourth-order valence-corrected chi connectivity index (χ4v) is 2.06. The highest BCUT2D eigenvalue weighted by Crippen LogP contribution is 2.13. The lowest BCUT2D eigenvalue weighted by atomic mass is 10.3. The van der Waals surface area contributed by atoms with Crippen LogP contribution >= 0.6 is 11.6 Å². The number of carbonyl (C=O) groups excluding carboxylic acids is 2. The van der Waals surface area contributed by atoms with Crippen molar-refractivity contribution in [3.05, 3.63) is 29.3 Å². The molecule has 1 saturated heterocycles. The Balaban J connectivity index is 1.78. The lowest BCUT2D eigenvalue weighted by Gasteiger charge is -2.32. The van der Waals surface area contributed by atoms with E-state index in [2.05, 4.69) is 5.32 Å². The molecule has 1 heterocycles. The number of hydrogen-bond acceptors (Lipinski definition) is 3. The second-order valence-electron chi connectivity index (χ2n) is 4.38. The predicted molar refractivity (Wildman–Crippen MR) is 74.2 cm³/mol. The quantitative estimate of drug-likeness (QED) is 0.840. The van der Waals surface area contributed by atoms with Gasteiger partial charge in [-0.25, -0.2) is 0 Å². The summed E-state index contributed by atoms with van der Waals surface area (Å²) in [4.78, 5) is 26.0. The molecule has 1 N–H and O–H groups in total. The Hall–Kier alpha value is -1.75. The summed E-state index contributed by atoms with van der Waals surface area (Å²) in [5, 5.41) is 3.73. The van der Waals surface area contributed by atoms with Gasteiger partial charge in [0.15, 0.2) is 0 Å². The number of nitrogens with one attached hydrogen (secondary N) is 1. The maximum Gasteiger partial charge on any atom is 0.241 e. The molecule has 0 aromatic heterocycles. The highest BCUT2D eigenvalue weighted by atomic mass is 35.5. The Morgan fingerprint density at radius 3 is 2.42 bits per heavy atom. The van der Waals surface area contributed by atoms with Crippen LogP contribution in [0.25, 0.3) is 0 Å². The van der Waals surface area contributed by atoms with Crippen LogP contribution in [0.1, 0.15) is 0 Å². The zero-order valence-electron chi connectivity index (χ0n) is 10.5. The van der Waals surface area contributed by atoms with E-state index in [-0.39, 0.29) is 12.5 Å². The number of rotatable bonds is 4. The van der Waals surface area contributed by atoms with Gasteiger partial charge < -0.3 is 15.1 Å². The Kier molecular flexibility index (Phi) is 4.63. The van der Waals surface area contributed by atoms with Gasteiger partial charge in [-0.1, -0.05) is 11.6 Å². The average Bonchev–Trinajstić information content (AvgIpc) is 2.46. The molecule has 1 aliphatic rings. The average molecular weight is 282 g/mol. The molecule has 0 saturated carbocycles. The molecule has 0 unspecified atom stereocenters. The number of hydrogen-bond donors (Lipinski definition) is 1. The summed E-state index contributed by atoms with van der Waals surface area (Å²) >= 11 is 5.79. The predicted octanol–water partition coefficient (Wildman–Crippen LogP) is 1.05. The third kappa shape index (κ3) is 3.86. The first-order valence-corrected chi connectivity index (χ1v) is 6.53. The minimum absolute atomic E-state index is 0.0421. The van der Waals surface area contributed by atoms with E-state index in [0.717, 1.165) is 12.1 Å². The zero-order valence-corrected chi connectivity index (χ0v) is 11.3. The summed E-state index contributed by atoms with van der Waals surface area (Å²) in [5.74, 6) is 0.0421. The van der Waals surface area contributed by atoms with Crippen LogP contribution < -0.4 is 5.32 Å². The van der Waals surface area contributed by atoms with Crippen LogP contribution in [0.4, 0.5) is 5.69 Å².